The number of carbonyl (C=O) groups excluding carboxylic acids is 1. The number of hydrogen-bond donors (Lipinski definition) is 2. The molecule has 0 fully saturated rings. The summed E-state index contributed by atoms with van der Waals surface area (Å²) in [6.07, 6.45) is 0. The molecule has 0 bridgehead atoms. The van der Waals surface area contributed by atoms with E-state index in [1.165, 1.54) is 11.1 Å². The normalized spacial score (nSPS) is 10.4. The molecule has 1 aromatic heterocycles. The van der Waals surface area contributed by atoms with Crippen LogP contribution in [0.3, 0.4) is 0 Å². The van der Waals surface area contributed by atoms with E-state index in [4.69, 9.17) is 0 Å². The lowest BCUT2D eigenvalue weighted by molar-refractivity contribution is 0.102. The first-order chi connectivity index (χ1) is 12.5. The molecule has 3 aromatic rings. The third kappa shape index (κ3) is 4.45. The van der Waals surface area contributed by atoms with E-state index >= 15 is 0 Å². The van der Waals surface area contributed by atoms with E-state index in [9.17, 15) is 4.79 Å². The zero-order chi connectivity index (χ0) is 18.5. The van der Waals surface area contributed by atoms with Gasteiger partial charge in [0.2, 0.25) is 0 Å². The Bertz CT molecular complexity index is 902. The number of benzene rings is 2. The van der Waals surface area contributed by atoms with E-state index in [2.05, 4.69) is 52.0 Å². The van der Waals surface area contributed by atoms with Crippen LogP contribution in [0.5, 0.6) is 0 Å². The number of hydrogen-bond acceptors (Lipinski definition) is 4. The van der Waals surface area contributed by atoms with Crippen molar-refractivity contribution in [1.82, 2.24) is 10.2 Å². The minimum Gasteiger partial charge on any atom is -0.365 e. The quantitative estimate of drug-likeness (QED) is 0.724. The number of aromatic nitrogens is 2. The maximum atomic E-state index is 12.3. The van der Waals surface area contributed by atoms with Crippen molar-refractivity contribution in [3.05, 3.63) is 82.4 Å². The van der Waals surface area contributed by atoms with Gasteiger partial charge in [-0.1, -0.05) is 35.9 Å². The lowest BCUT2D eigenvalue weighted by Gasteiger charge is -2.08. The minimum absolute atomic E-state index is 0.192. The number of nitrogens with zero attached hydrogens (tertiary/aromatic N) is 2. The van der Waals surface area contributed by atoms with Crippen molar-refractivity contribution in [2.24, 2.45) is 0 Å². The van der Waals surface area contributed by atoms with Gasteiger partial charge < -0.3 is 10.6 Å². The molecular weight excluding hydrogens is 324 g/mol. The predicted octanol–water partition coefficient (Wildman–Crippen LogP) is 4.27. The molecule has 0 unspecified atom stereocenters. The second-order valence-corrected chi connectivity index (χ2v) is 6.40. The third-order valence-corrected chi connectivity index (χ3v) is 4.27. The van der Waals surface area contributed by atoms with Crippen molar-refractivity contribution in [3.63, 3.8) is 0 Å². The van der Waals surface area contributed by atoms with E-state index in [1.807, 2.05) is 32.0 Å². The first-order valence-corrected chi connectivity index (χ1v) is 8.53. The van der Waals surface area contributed by atoms with Crippen LogP contribution >= 0.6 is 0 Å². The van der Waals surface area contributed by atoms with Crippen molar-refractivity contribution < 1.29 is 4.79 Å². The van der Waals surface area contributed by atoms with Crippen LogP contribution in [0.25, 0.3) is 0 Å². The van der Waals surface area contributed by atoms with Gasteiger partial charge in [0, 0.05) is 12.1 Å². The van der Waals surface area contributed by atoms with Gasteiger partial charge in [0.1, 0.15) is 5.82 Å². The molecule has 3 rings (SSSR count). The van der Waals surface area contributed by atoms with Crippen LogP contribution in [0.1, 0.15) is 32.6 Å². The molecule has 0 saturated carbocycles. The summed E-state index contributed by atoms with van der Waals surface area (Å²) in [5.74, 6) is 0.895. The van der Waals surface area contributed by atoms with Gasteiger partial charge in [-0.15, -0.1) is 10.2 Å². The average molecular weight is 346 g/mol. The molecule has 1 heterocycles. The zero-order valence-corrected chi connectivity index (χ0v) is 15.2. The molecular formula is C21H22N4O. The van der Waals surface area contributed by atoms with Crippen LogP contribution in [0.4, 0.5) is 11.6 Å². The lowest BCUT2D eigenvalue weighted by Crippen LogP contribution is -2.14. The van der Waals surface area contributed by atoms with Gasteiger partial charge in [-0.05, 0) is 61.7 Å². The van der Waals surface area contributed by atoms with Gasteiger partial charge in [0.25, 0.3) is 5.91 Å². The Labute approximate surface area is 153 Å². The average Bonchev–Trinajstić information content (AvgIpc) is 2.64. The summed E-state index contributed by atoms with van der Waals surface area (Å²) in [5, 5.41) is 14.2. The summed E-state index contributed by atoms with van der Waals surface area (Å²) in [5.41, 5.74) is 5.25. The SMILES string of the molecule is Cc1ccc(CNc2ccc(NC(=O)c3ccc(C)c(C)c3)nn2)cc1. The van der Waals surface area contributed by atoms with Gasteiger partial charge in [0.05, 0.1) is 0 Å². The number of amides is 1. The molecule has 132 valence electrons. The Hall–Kier alpha value is -3.21. The summed E-state index contributed by atoms with van der Waals surface area (Å²) in [7, 11) is 0. The highest BCUT2D eigenvalue weighted by atomic mass is 16.1. The second kappa shape index (κ2) is 7.78. The van der Waals surface area contributed by atoms with Gasteiger partial charge in [-0.3, -0.25) is 4.79 Å². The van der Waals surface area contributed by atoms with Gasteiger partial charge in [-0.2, -0.15) is 0 Å². The van der Waals surface area contributed by atoms with E-state index in [0.29, 0.717) is 23.7 Å². The maximum Gasteiger partial charge on any atom is 0.256 e. The molecule has 26 heavy (non-hydrogen) atoms. The largest absolute Gasteiger partial charge is 0.365 e. The minimum atomic E-state index is -0.192. The molecule has 2 aromatic carbocycles. The third-order valence-electron chi connectivity index (χ3n) is 4.27. The number of nitrogens with one attached hydrogen (secondary N) is 2. The fourth-order valence-electron chi connectivity index (χ4n) is 2.46. The highest BCUT2D eigenvalue weighted by Gasteiger charge is 2.08. The topological polar surface area (TPSA) is 66.9 Å². The molecule has 5 heteroatoms. The fraction of sp³-hybridized carbons (Fsp3) is 0.190. The van der Waals surface area contributed by atoms with Crippen molar-refractivity contribution in [2.45, 2.75) is 27.3 Å². The molecule has 0 saturated heterocycles. The number of carbonyl (C=O) groups is 1. The highest BCUT2D eigenvalue weighted by Crippen LogP contribution is 2.13. The molecule has 0 aliphatic heterocycles. The first kappa shape index (κ1) is 17.6. The summed E-state index contributed by atoms with van der Waals surface area (Å²) < 4.78 is 0. The molecule has 1 amide bonds. The monoisotopic (exact) mass is 346 g/mol. The van der Waals surface area contributed by atoms with E-state index < -0.39 is 0 Å². The first-order valence-electron chi connectivity index (χ1n) is 8.53. The standard InChI is InChI=1S/C21H22N4O/c1-14-4-7-17(8-5-14)13-22-19-10-11-20(25-24-19)23-21(26)18-9-6-15(2)16(3)12-18/h4-12H,13H2,1-3H3,(H,22,24)(H,23,25,26). The number of rotatable bonds is 5. The Morgan fingerprint density at radius 2 is 1.54 bits per heavy atom. The van der Waals surface area contributed by atoms with Crippen LogP contribution in [-0.2, 0) is 6.54 Å². The Balaban J connectivity index is 1.59. The van der Waals surface area contributed by atoms with Crippen molar-refractivity contribution in [1.29, 1.82) is 0 Å². The lowest BCUT2D eigenvalue weighted by atomic mass is 10.1. The van der Waals surface area contributed by atoms with Gasteiger partial charge >= 0.3 is 0 Å². The predicted molar refractivity (Wildman–Crippen MR) is 104 cm³/mol. The Kier molecular flexibility index (Phi) is 5.27. The van der Waals surface area contributed by atoms with Gasteiger partial charge in [0.15, 0.2) is 5.82 Å². The molecule has 2 N–H and O–H groups in total. The maximum absolute atomic E-state index is 12.3. The molecule has 5 nitrogen and oxygen atoms in total. The Morgan fingerprint density at radius 1 is 0.846 bits per heavy atom. The summed E-state index contributed by atoms with van der Waals surface area (Å²) >= 11 is 0. The molecule has 0 radical (unpaired) electrons. The zero-order valence-electron chi connectivity index (χ0n) is 15.2. The van der Waals surface area contributed by atoms with E-state index in [1.54, 1.807) is 12.1 Å². The van der Waals surface area contributed by atoms with E-state index in [0.717, 1.165) is 11.1 Å². The van der Waals surface area contributed by atoms with Crippen LogP contribution in [0, 0.1) is 20.8 Å². The van der Waals surface area contributed by atoms with Crippen LogP contribution in [0.2, 0.25) is 0 Å². The highest BCUT2D eigenvalue weighted by molar-refractivity contribution is 6.03. The van der Waals surface area contributed by atoms with Crippen molar-refractivity contribution in [2.75, 3.05) is 10.6 Å². The number of anilines is 2. The van der Waals surface area contributed by atoms with Gasteiger partial charge in [-0.25, -0.2) is 0 Å². The second-order valence-electron chi connectivity index (χ2n) is 6.40. The summed E-state index contributed by atoms with van der Waals surface area (Å²) in [6, 6.07) is 17.5. The van der Waals surface area contributed by atoms with Crippen molar-refractivity contribution in [3.8, 4) is 0 Å². The Morgan fingerprint density at radius 3 is 2.19 bits per heavy atom. The van der Waals surface area contributed by atoms with Crippen LogP contribution < -0.4 is 10.6 Å². The van der Waals surface area contributed by atoms with Crippen LogP contribution in [-0.4, -0.2) is 16.1 Å². The molecule has 0 spiro atoms. The number of aryl methyl sites for hydroxylation is 3. The summed E-state index contributed by atoms with van der Waals surface area (Å²) in [4.78, 5) is 12.3. The molecule has 0 atom stereocenters. The van der Waals surface area contributed by atoms with E-state index in [-0.39, 0.29) is 5.91 Å². The fourth-order valence-corrected chi connectivity index (χ4v) is 2.46. The smallest absolute Gasteiger partial charge is 0.256 e. The van der Waals surface area contributed by atoms with Crippen LogP contribution in [0.15, 0.2) is 54.6 Å². The molecule has 0 aliphatic rings. The van der Waals surface area contributed by atoms with Crippen molar-refractivity contribution >= 4 is 17.5 Å². The molecule has 0 aliphatic carbocycles. The summed E-state index contributed by atoms with van der Waals surface area (Å²) in [6.45, 7) is 6.74.